The largest absolute Gasteiger partial charge is 0.492 e. The van der Waals surface area contributed by atoms with Gasteiger partial charge < -0.3 is 33.7 Å². The Morgan fingerprint density at radius 2 is 1.64 bits per heavy atom. The zero-order valence-corrected chi connectivity index (χ0v) is 16.8. The molecule has 0 spiro atoms. The summed E-state index contributed by atoms with van der Waals surface area (Å²) < 4.78 is 35.4. The van der Waals surface area contributed by atoms with Crippen LogP contribution in [0.3, 0.4) is 0 Å². The minimum Gasteiger partial charge on any atom is -0.492 e. The lowest BCUT2D eigenvalue weighted by molar-refractivity contribution is -0.229. The molecule has 1 aromatic rings. The highest BCUT2D eigenvalue weighted by molar-refractivity contribution is 5.96. The van der Waals surface area contributed by atoms with Gasteiger partial charge in [0.15, 0.2) is 24.0 Å². The Kier molecular flexibility index (Phi) is 4.87. The Morgan fingerprint density at radius 3 is 2.39 bits per heavy atom. The highest BCUT2D eigenvalue weighted by Crippen LogP contribution is 2.44. The SMILES string of the molecule is CCOc1ccccc1NC(=O)[C@@H]1O[C@@H]2OC(C)(C)O[C@@H]2[C@@H]2OC(C)(C)O[C@H]21. The number of fused-ring (bicyclic) bond motifs is 3. The van der Waals surface area contributed by atoms with Crippen LogP contribution in [0.5, 0.6) is 5.75 Å². The van der Waals surface area contributed by atoms with E-state index in [0.29, 0.717) is 18.0 Å². The average molecular weight is 393 g/mol. The van der Waals surface area contributed by atoms with Crippen molar-refractivity contribution in [2.45, 2.75) is 76.9 Å². The van der Waals surface area contributed by atoms with E-state index in [0.717, 1.165) is 0 Å². The molecule has 154 valence electrons. The van der Waals surface area contributed by atoms with Gasteiger partial charge in [-0.25, -0.2) is 0 Å². The molecule has 0 unspecified atom stereocenters. The molecule has 28 heavy (non-hydrogen) atoms. The number of hydrogen-bond acceptors (Lipinski definition) is 7. The van der Waals surface area contributed by atoms with Crippen molar-refractivity contribution in [3.05, 3.63) is 24.3 Å². The minimum atomic E-state index is -0.916. The lowest BCUT2D eigenvalue weighted by atomic mass is 9.98. The van der Waals surface area contributed by atoms with Crippen LogP contribution in [0.1, 0.15) is 34.6 Å². The van der Waals surface area contributed by atoms with Gasteiger partial charge in [0.05, 0.1) is 12.3 Å². The molecular weight excluding hydrogens is 366 g/mol. The number of rotatable bonds is 4. The molecule has 4 rings (SSSR count). The summed E-state index contributed by atoms with van der Waals surface area (Å²) in [6, 6.07) is 7.25. The summed E-state index contributed by atoms with van der Waals surface area (Å²) in [5.74, 6) is -1.45. The Bertz CT molecular complexity index is 750. The summed E-state index contributed by atoms with van der Waals surface area (Å²) in [7, 11) is 0. The Balaban J connectivity index is 1.57. The molecule has 3 aliphatic heterocycles. The van der Waals surface area contributed by atoms with E-state index in [-0.39, 0.29) is 5.91 Å². The van der Waals surface area contributed by atoms with E-state index in [9.17, 15) is 4.79 Å². The normalized spacial score (nSPS) is 35.1. The van der Waals surface area contributed by atoms with Gasteiger partial charge in [-0.15, -0.1) is 0 Å². The van der Waals surface area contributed by atoms with Gasteiger partial charge in [0.25, 0.3) is 5.91 Å². The van der Waals surface area contributed by atoms with Gasteiger partial charge in [-0.1, -0.05) is 12.1 Å². The molecule has 3 fully saturated rings. The molecule has 1 aromatic carbocycles. The molecule has 3 aliphatic rings. The average Bonchev–Trinajstić information content (AvgIpc) is 3.10. The number of amides is 1. The van der Waals surface area contributed by atoms with Crippen molar-refractivity contribution >= 4 is 11.6 Å². The maximum atomic E-state index is 13.1. The zero-order valence-electron chi connectivity index (χ0n) is 16.8. The van der Waals surface area contributed by atoms with Gasteiger partial charge in [-0.3, -0.25) is 4.79 Å². The molecule has 0 saturated carbocycles. The maximum Gasteiger partial charge on any atom is 0.256 e. The zero-order chi connectivity index (χ0) is 20.1. The smallest absolute Gasteiger partial charge is 0.256 e. The predicted octanol–water partition coefficient (Wildman–Crippen LogP) is 2.42. The van der Waals surface area contributed by atoms with Gasteiger partial charge in [0, 0.05) is 0 Å². The fourth-order valence-electron chi connectivity index (χ4n) is 3.88. The molecular formula is C20H27NO7. The molecule has 8 heteroatoms. The van der Waals surface area contributed by atoms with Crippen LogP contribution in [-0.2, 0) is 28.5 Å². The predicted molar refractivity (Wildman–Crippen MR) is 98.8 cm³/mol. The molecule has 0 bridgehead atoms. The van der Waals surface area contributed by atoms with E-state index in [1.165, 1.54) is 0 Å². The molecule has 0 aliphatic carbocycles. The first-order valence-electron chi connectivity index (χ1n) is 9.58. The molecule has 0 radical (unpaired) electrons. The van der Waals surface area contributed by atoms with Gasteiger partial charge in [0.2, 0.25) is 0 Å². The number of hydrogen-bond donors (Lipinski definition) is 1. The highest BCUT2D eigenvalue weighted by Gasteiger charge is 2.62. The number of nitrogens with one attached hydrogen (secondary N) is 1. The second kappa shape index (κ2) is 6.96. The maximum absolute atomic E-state index is 13.1. The fourth-order valence-corrected chi connectivity index (χ4v) is 3.88. The van der Waals surface area contributed by atoms with Crippen LogP contribution in [0.4, 0.5) is 5.69 Å². The molecule has 8 nitrogen and oxygen atoms in total. The third kappa shape index (κ3) is 3.62. The quantitative estimate of drug-likeness (QED) is 0.841. The van der Waals surface area contributed by atoms with Crippen molar-refractivity contribution in [3.8, 4) is 5.75 Å². The fraction of sp³-hybridized carbons (Fsp3) is 0.650. The minimum absolute atomic E-state index is 0.352. The number of ether oxygens (including phenoxy) is 6. The summed E-state index contributed by atoms with van der Waals surface area (Å²) in [4.78, 5) is 13.1. The van der Waals surface area contributed by atoms with E-state index in [2.05, 4.69) is 5.32 Å². The van der Waals surface area contributed by atoms with Crippen LogP contribution < -0.4 is 10.1 Å². The van der Waals surface area contributed by atoms with Gasteiger partial charge >= 0.3 is 0 Å². The third-order valence-corrected chi connectivity index (χ3v) is 4.86. The standard InChI is InChI=1S/C20H27NO7/c1-6-23-12-10-8-7-9-11(12)21-17(22)15-13-14(26-19(2,3)25-13)16-18(24-15)28-20(4,5)27-16/h7-10,13-16,18H,6H2,1-5H3,(H,21,22)/t13-,14-,15-,16-,18-/m1/s1. The van der Waals surface area contributed by atoms with E-state index in [1.54, 1.807) is 39.8 Å². The molecule has 3 heterocycles. The Hall–Kier alpha value is -1.71. The van der Waals surface area contributed by atoms with Crippen LogP contribution >= 0.6 is 0 Å². The Morgan fingerprint density at radius 1 is 1.00 bits per heavy atom. The summed E-state index contributed by atoms with van der Waals surface area (Å²) in [6.07, 6.45) is -3.20. The molecule has 1 amide bonds. The second-order valence-corrected chi connectivity index (χ2v) is 8.01. The van der Waals surface area contributed by atoms with Crippen LogP contribution in [-0.4, -0.2) is 54.8 Å². The van der Waals surface area contributed by atoms with Crippen molar-refractivity contribution in [1.29, 1.82) is 0 Å². The van der Waals surface area contributed by atoms with Crippen LogP contribution in [0, 0.1) is 0 Å². The molecule has 5 atom stereocenters. The van der Waals surface area contributed by atoms with Gasteiger partial charge in [-0.2, -0.15) is 0 Å². The first-order chi connectivity index (χ1) is 13.2. The first-order valence-corrected chi connectivity index (χ1v) is 9.58. The number of carbonyl (C=O) groups excluding carboxylic acids is 1. The van der Waals surface area contributed by atoms with Crippen molar-refractivity contribution in [2.24, 2.45) is 0 Å². The summed E-state index contributed by atoms with van der Waals surface area (Å²) in [5, 5.41) is 2.88. The third-order valence-electron chi connectivity index (χ3n) is 4.86. The Labute approximate surface area is 164 Å². The van der Waals surface area contributed by atoms with Crippen molar-refractivity contribution in [1.82, 2.24) is 0 Å². The lowest BCUT2D eigenvalue weighted by Crippen LogP contribution is -2.58. The monoisotopic (exact) mass is 393 g/mol. The number of para-hydroxylation sites is 2. The first kappa shape index (κ1) is 19.6. The van der Waals surface area contributed by atoms with Crippen molar-refractivity contribution in [3.63, 3.8) is 0 Å². The highest BCUT2D eigenvalue weighted by atomic mass is 16.9. The van der Waals surface area contributed by atoms with Crippen LogP contribution in [0.25, 0.3) is 0 Å². The summed E-state index contributed by atoms with van der Waals surface area (Å²) in [6.45, 7) is 9.60. The summed E-state index contributed by atoms with van der Waals surface area (Å²) >= 11 is 0. The molecule has 0 aromatic heterocycles. The van der Waals surface area contributed by atoms with Gasteiger partial charge in [-0.05, 0) is 46.8 Å². The van der Waals surface area contributed by atoms with E-state index in [4.69, 9.17) is 28.4 Å². The van der Waals surface area contributed by atoms with E-state index >= 15 is 0 Å². The molecule has 1 N–H and O–H groups in total. The van der Waals surface area contributed by atoms with E-state index < -0.39 is 42.3 Å². The van der Waals surface area contributed by atoms with Crippen molar-refractivity contribution in [2.75, 3.05) is 11.9 Å². The number of benzene rings is 1. The topological polar surface area (TPSA) is 84.5 Å². The number of anilines is 1. The van der Waals surface area contributed by atoms with E-state index in [1.807, 2.05) is 19.1 Å². The summed E-state index contributed by atoms with van der Waals surface area (Å²) in [5.41, 5.74) is 0.568. The van der Waals surface area contributed by atoms with Crippen molar-refractivity contribution < 1.29 is 33.2 Å². The molecule has 3 saturated heterocycles. The van der Waals surface area contributed by atoms with Crippen LogP contribution in [0.15, 0.2) is 24.3 Å². The van der Waals surface area contributed by atoms with Gasteiger partial charge in [0.1, 0.15) is 24.1 Å². The lowest BCUT2D eigenvalue weighted by Gasteiger charge is -2.36. The van der Waals surface area contributed by atoms with Crippen LogP contribution in [0.2, 0.25) is 0 Å². The number of carbonyl (C=O) groups is 1. The second-order valence-electron chi connectivity index (χ2n) is 8.01.